The fourth-order valence-corrected chi connectivity index (χ4v) is 9.54. The minimum Gasteiger partial charge on any atom is -0.456 e. The average Bonchev–Trinajstić information content (AvgIpc) is 3.76. The molecule has 4 nitrogen and oxygen atoms in total. The lowest BCUT2D eigenvalue weighted by molar-refractivity contribution is 0.669. The van der Waals surface area contributed by atoms with Crippen molar-refractivity contribution in [1.29, 1.82) is 0 Å². The molecule has 0 amide bonds. The van der Waals surface area contributed by atoms with Crippen molar-refractivity contribution >= 4 is 65.0 Å². The van der Waals surface area contributed by atoms with Gasteiger partial charge < -0.3 is 4.42 Å². The molecule has 2 aromatic heterocycles. The van der Waals surface area contributed by atoms with Crippen LogP contribution in [0.25, 0.3) is 133 Å². The van der Waals surface area contributed by atoms with E-state index in [9.17, 15) is 0 Å². The monoisotopic (exact) mass is 827 g/mol. The van der Waals surface area contributed by atoms with Crippen molar-refractivity contribution in [3.8, 4) is 67.5 Å². The summed E-state index contributed by atoms with van der Waals surface area (Å²) in [6, 6.07) is 79.6. The highest BCUT2D eigenvalue weighted by atomic mass is 16.3. The highest BCUT2D eigenvalue weighted by Crippen LogP contribution is 2.42. The van der Waals surface area contributed by atoms with Gasteiger partial charge in [-0.2, -0.15) is 0 Å². The van der Waals surface area contributed by atoms with E-state index in [0.29, 0.717) is 17.5 Å². The van der Waals surface area contributed by atoms with Crippen LogP contribution < -0.4 is 0 Å². The number of hydrogen-bond donors (Lipinski definition) is 0. The van der Waals surface area contributed by atoms with Crippen LogP contribution in [0.1, 0.15) is 0 Å². The minimum absolute atomic E-state index is 0.619. The summed E-state index contributed by atoms with van der Waals surface area (Å²) in [4.78, 5) is 15.6. The van der Waals surface area contributed by atoms with Gasteiger partial charge in [-0.15, -0.1) is 0 Å². The Kier molecular flexibility index (Phi) is 8.50. The van der Waals surface area contributed by atoms with Crippen molar-refractivity contribution in [3.63, 3.8) is 0 Å². The molecule has 0 spiro atoms. The first kappa shape index (κ1) is 36.9. The minimum atomic E-state index is 0.619. The van der Waals surface area contributed by atoms with Gasteiger partial charge in [0, 0.05) is 27.5 Å². The van der Waals surface area contributed by atoms with Gasteiger partial charge in [-0.1, -0.05) is 176 Å². The van der Waals surface area contributed by atoms with Crippen molar-refractivity contribution in [2.75, 3.05) is 0 Å². The first-order valence-corrected chi connectivity index (χ1v) is 22.0. The van der Waals surface area contributed by atoms with Crippen LogP contribution >= 0.6 is 0 Å². The van der Waals surface area contributed by atoms with Gasteiger partial charge >= 0.3 is 0 Å². The Hall–Kier alpha value is -8.73. The van der Waals surface area contributed by atoms with Crippen LogP contribution in [-0.4, -0.2) is 15.0 Å². The predicted molar refractivity (Wildman–Crippen MR) is 270 cm³/mol. The van der Waals surface area contributed by atoms with Crippen molar-refractivity contribution < 1.29 is 4.42 Å². The average molecular weight is 828 g/mol. The van der Waals surface area contributed by atoms with E-state index in [0.717, 1.165) is 82.8 Å². The van der Waals surface area contributed by atoms with Crippen molar-refractivity contribution in [2.45, 2.75) is 0 Å². The van der Waals surface area contributed by atoms with Gasteiger partial charge in [0.2, 0.25) is 0 Å². The summed E-state index contributed by atoms with van der Waals surface area (Å²) in [5.74, 6) is 1.87. The molecule has 0 saturated carbocycles. The molecule has 0 unspecified atom stereocenters. The normalized spacial score (nSPS) is 11.7. The molecule has 0 N–H and O–H groups in total. The second-order valence-electron chi connectivity index (χ2n) is 16.8. The lowest BCUT2D eigenvalue weighted by atomic mass is 9.92. The molecule has 302 valence electrons. The van der Waals surface area contributed by atoms with Crippen molar-refractivity contribution in [3.05, 3.63) is 224 Å². The third-order valence-corrected chi connectivity index (χ3v) is 12.8. The number of furan rings is 1. The van der Waals surface area contributed by atoms with Crippen LogP contribution in [0.15, 0.2) is 229 Å². The maximum Gasteiger partial charge on any atom is 0.164 e. The zero-order valence-corrected chi connectivity index (χ0v) is 35.1. The van der Waals surface area contributed by atoms with Gasteiger partial charge in [0.25, 0.3) is 0 Å². The molecule has 11 aromatic carbocycles. The molecule has 4 heteroatoms. The Balaban J connectivity index is 0.949. The molecule has 0 fully saturated rings. The summed E-state index contributed by atoms with van der Waals surface area (Å²) >= 11 is 0. The van der Waals surface area contributed by atoms with Crippen molar-refractivity contribution in [2.24, 2.45) is 0 Å². The van der Waals surface area contributed by atoms with Gasteiger partial charge in [-0.05, 0) is 125 Å². The summed E-state index contributed by atoms with van der Waals surface area (Å²) in [6.07, 6.45) is 0. The fraction of sp³-hybridized carbons (Fsp3) is 0. The second kappa shape index (κ2) is 15.0. The smallest absolute Gasteiger partial charge is 0.164 e. The Labute approximate surface area is 374 Å². The summed E-state index contributed by atoms with van der Waals surface area (Å²) in [6.45, 7) is 0. The summed E-state index contributed by atoms with van der Waals surface area (Å²) < 4.78 is 6.55. The molecule has 13 rings (SSSR count). The highest BCUT2D eigenvalue weighted by Gasteiger charge is 2.18. The number of rotatable bonds is 6. The molecule has 0 bridgehead atoms. The molecular formula is C61H37N3O. The molecule has 65 heavy (non-hydrogen) atoms. The fourth-order valence-electron chi connectivity index (χ4n) is 9.54. The van der Waals surface area contributed by atoms with Crippen LogP contribution in [0.3, 0.4) is 0 Å². The lowest BCUT2D eigenvalue weighted by Gasteiger charge is -2.12. The maximum atomic E-state index is 6.55. The number of para-hydroxylation sites is 1. The van der Waals surface area contributed by atoms with Gasteiger partial charge in [0.15, 0.2) is 17.5 Å². The van der Waals surface area contributed by atoms with Gasteiger partial charge in [-0.25, -0.2) is 15.0 Å². The van der Waals surface area contributed by atoms with E-state index >= 15 is 0 Å². The summed E-state index contributed by atoms with van der Waals surface area (Å²) in [7, 11) is 0. The molecule has 0 aliphatic carbocycles. The summed E-state index contributed by atoms with van der Waals surface area (Å²) in [5, 5.41) is 11.6. The standard InChI is InChI=1S/C61H37N3O/c1-2-11-38(12-3-1)43-16-10-17-48(33-43)59-62-60(64-61(63-59)50-29-24-41-23-22-40-14-6-7-18-52(40)54(41)35-50)49-30-27-44-32-47(28-26-45(44)34-49)55-36-51(46-25-21-39-13-4-5-15-42(39)31-46)37-57-58(55)53-19-8-9-20-56(53)65-57/h1-37H. The van der Waals surface area contributed by atoms with E-state index in [1.165, 1.54) is 32.3 Å². The molecule has 0 radical (unpaired) electrons. The van der Waals surface area contributed by atoms with E-state index in [2.05, 4.69) is 212 Å². The number of nitrogens with zero attached hydrogens (tertiary/aromatic N) is 3. The second-order valence-corrected chi connectivity index (χ2v) is 16.8. The molecule has 0 atom stereocenters. The first-order chi connectivity index (χ1) is 32.1. The van der Waals surface area contributed by atoms with E-state index in [1.54, 1.807) is 0 Å². The topological polar surface area (TPSA) is 51.8 Å². The highest BCUT2D eigenvalue weighted by molar-refractivity contribution is 6.14. The van der Waals surface area contributed by atoms with Crippen LogP contribution in [0.2, 0.25) is 0 Å². The zero-order chi connectivity index (χ0) is 42.8. The number of benzene rings is 11. The molecular weight excluding hydrogens is 791 g/mol. The van der Waals surface area contributed by atoms with E-state index in [1.807, 2.05) is 12.1 Å². The Morgan fingerprint density at radius 1 is 0.246 bits per heavy atom. The predicted octanol–water partition coefficient (Wildman–Crippen LogP) is 16.4. The van der Waals surface area contributed by atoms with Gasteiger partial charge in [-0.3, -0.25) is 0 Å². The third kappa shape index (κ3) is 6.51. The zero-order valence-electron chi connectivity index (χ0n) is 35.1. The van der Waals surface area contributed by atoms with E-state index < -0.39 is 0 Å². The molecule has 0 saturated heterocycles. The number of fused-ring (bicyclic) bond motifs is 8. The quantitative estimate of drug-likeness (QED) is 0.157. The molecule has 2 heterocycles. The Bertz CT molecular complexity index is 4020. The van der Waals surface area contributed by atoms with Crippen molar-refractivity contribution in [1.82, 2.24) is 15.0 Å². The number of hydrogen-bond acceptors (Lipinski definition) is 4. The molecule has 0 aliphatic heterocycles. The van der Waals surface area contributed by atoms with Crippen LogP contribution in [-0.2, 0) is 0 Å². The van der Waals surface area contributed by atoms with Gasteiger partial charge in [0.1, 0.15) is 11.2 Å². The van der Waals surface area contributed by atoms with Crippen LogP contribution in [0.4, 0.5) is 0 Å². The third-order valence-electron chi connectivity index (χ3n) is 12.8. The van der Waals surface area contributed by atoms with Gasteiger partial charge in [0.05, 0.1) is 0 Å². The lowest BCUT2D eigenvalue weighted by Crippen LogP contribution is -2.00. The van der Waals surface area contributed by atoms with E-state index in [4.69, 9.17) is 19.4 Å². The maximum absolute atomic E-state index is 6.55. The van der Waals surface area contributed by atoms with E-state index in [-0.39, 0.29) is 0 Å². The molecule has 0 aliphatic rings. The SMILES string of the molecule is c1ccc(-c2cccc(-c3nc(-c4ccc5cc(-c6cc(-c7ccc8ccccc8c7)cc7oc8ccccc8c67)ccc5c4)nc(-c4ccc5ccc6ccccc6c5c4)n3)c2)cc1. The van der Waals surface area contributed by atoms with Crippen LogP contribution in [0.5, 0.6) is 0 Å². The number of aromatic nitrogens is 3. The summed E-state index contributed by atoms with van der Waals surface area (Å²) in [5.41, 5.74) is 11.3. The Morgan fingerprint density at radius 2 is 0.738 bits per heavy atom. The van der Waals surface area contributed by atoms with Crippen LogP contribution in [0, 0.1) is 0 Å². The molecule has 13 aromatic rings. The largest absolute Gasteiger partial charge is 0.456 e. The first-order valence-electron chi connectivity index (χ1n) is 22.0. The Morgan fingerprint density at radius 3 is 1.54 bits per heavy atom.